The van der Waals surface area contributed by atoms with Crippen LogP contribution in [-0.4, -0.2) is 23.0 Å². The third-order valence-electron chi connectivity index (χ3n) is 1.19. The highest BCUT2D eigenvalue weighted by Crippen LogP contribution is 2.12. The maximum atomic E-state index is 10.7. The molecule has 0 bridgehead atoms. The molecule has 0 unspecified atom stereocenters. The molecule has 0 fully saturated rings. The van der Waals surface area contributed by atoms with E-state index in [-0.39, 0.29) is 17.4 Å². The summed E-state index contributed by atoms with van der Waals surface area (Å²) in [7, 11) is 1.36. The zero-order chi connectivity index (χ0) is 9.14. The third kappa shape index (κ3) is 1.42. The lowest BCUT2D eigenvalue weighted by Crippen LogP contribution is -2.15. The lowest BCUT2D eigenvalue weighted by molar-refractivity contribution is 0.0991. The Morgan fingerprint density at radius 3 is 2.83 bits per heavy atom. The minimum absolute atomic E-state index is 0.0216. The molecule has 4 N–H and O–H groups in total. The second-order valence-corrected chi connectivity index (χ2v) is 2.02. The fraction of sp³-hybridized carbons (Fsp3) is 0.167. The van der Waals surface area contributed by atoms with Crippen LogP contribution in [0.4, 0.5) is 5.82 Å². The third-order valence-corrected chi connectivity index (χ3v) is 1.19. The van der Waals surface area contributed by atoms with E-state index in [1.54, 1.807) is 0 Å². The maximum absolute atomic E-state index is 10.7. The van der Waals surface area contributed by atoms with Crippen LogP contribution in [0.25, 0.3) is 0 Å². The second-order valence-electron chi connectivity index (χ2n) is 2.02. The zero-order valence-corrected chi connectivity index (χ0v) is 6.44. The number of aromatic nitrogens is 2. The maximum Gasteiger partial charge on any atom is 0.272 e. The minimum Gasteiger partial charge on any atom is -0.479 e. The predicted octanol–water partition coefficient (Wildman–Crippen LogP) is -0.834. The summed E-state index contributed by atoms with van der Waals surface area (Å²) in [5.41, 5.74) is 10.3. The molecule has 0 radical (unpaired) electrons. The molecule has 6 heteroatoms. The van der Waals surface area contributed by atoms with Gasteiger partial charge in [-0.15, -0.1) is 0 Å². The first kappa shape index (κ1) is 8.25. The van der Waals surface area contributed by atoms with Gasteiger partial charge in [0, 0.05) is 0 Å². The molecule has 1 aromatic heterocycles. The van der Waals surface area contributed by atoms with Gasteiger partial charge in [0.05, 0.1) is 13.3 Å². The Morgan fingerprint density at radius 1 is 1.67 bits per heavy atom. The number of carbonyl (C=O) groups is 1. The van der Waals surface area contributed by atoms with Gasteiger partial charge in [-0.25, -0.2) is 4.98 Å². The van der Waals surface area contributed by atoms with Gasteiger partial charge in [-0.05, 0) is 0 Å². The molecule has 1 heterocycles. The van der Waals surface area contributed by atoms with Crippen molar-refractivity contribution in [3.63, 3.8) is 0 Å². The Kier molecular flexibility index (Phi) is 2.09. The van der Waals surface area contributed by atoms with Crippen LogP contribution in [-0.2, 0) is 0 Å². The Morgan fingerprint density at radius 2 is 2.33 bits per heavy atom. The molecule has 0 atom stereocenters. The van der Waals surface area contributed by atoms with Gasteiger partial charge in [-0.3, -0.25) is 4.79 Å². The molecule has 0 aromatic carbocycles. The summed E-state index contributed by atoms with van der Waals surface area (Å²) in [6.07, 6.45) is 1.24. The Bertz CT molecular complexity index is 312. The molecule has 12 heavy (non-hydrogen) atoms. The quantitative estimate of drug-likeness (QED) is 0.599. The number of nitrogens with two attached hydrogens (primary N) is 2. The number of primary amides is 1. The topological polar surface area (TPSA) is 104 Å². The number of amides is 1. The SMILES string of the molecule is COc1nc(N)cnc1C(N)=O. The standard InChI is InChI=1S/C6H8N4O2/c1-12-6-4(5(8)11)9-2-3(7)10-6/h2H,1H3,(H2,7,10)(H2,8,11). The second kappa shape index (κ2) is 3.04. The number of anilines is 1. The van der Waals surface area contributed by atoms with E-state index in [2.05, 4.69) is 9.97 Å². The molecular formula is C6H8N4O2. The van der Waals surface area contributed by atoms with Crippen molar-refractivity contribution in [2.75, 3.05) is 12.8 Å². The first-order valence-electron chi connectivity index (χ1n) is 3.11. The zero-order valence-electron chi connectivity index (χ0n) is 6.44. The van der Waals surface area contributed by atoms with Crippen LogP contribution < -0.4 is 16.2 Å². The summed E-state index contributed by atoms with van der Waals surface area (Å²) in [6.45, 7) is 0. The van der Waals surface area contributed by atoms with E-state index in [0.29, 0.717) is 0 Å². The van der Waals surface area contributed by atoms with Gasteiger partial charge >= 0.3 is 0 Å². The number of ether oxygens (including phenoxy) is 1. The number of hydrogen-bond donors (Lipinski definition) is 2. The lowest BCUT2D eigenvalue weighted by atomic mass is 10.4. The van der Waals surface area contributed by atoms with E-state index in [1.165, 1.54) is 13.3 Å². The summed E-state index contributed by atoms with van der Waals surface area (Å²) in [6, 6.07) is 0. The van der Waals surface area contributed by atoms with E-state index in [4.69, 9.17) is 16.2 Å². The Labute approximate surface area is 68.6 Å². The van der Waals surface area contributed by atoms with Crippen LogP contribution in [0.15, 0.2) is 6.20 Å². The summed E-state index contributed by atoms with van der Waals surface area (Å²) in [5, 5.41) is 0. The van der Waals surface area contributed by atoms with Crippen molar-refractivity contribution >= 4 is 11.7 Å². The molecule has 0 saturated carbocycles. The van der Waals surface area contributed by atoms with Crippen molar-refractivity contribution in [1.29, 1.82) is 0 Å². The van der Waals surface area contributed by atoms with Crippen LogP contribution in [0.3, 0.4) is 0 Å². The van der Waals surface area contributed by atoms with Crippen molar-refractivity contribution in [2.45, 2.75) is 0 Å². The van der Waals surface area contributed by atoms with Crippen LogP contribution in [0.5, 0.6) is 5.88 Å². The average molecular weight is 168 g/mol. The summed E-state index contributed by atoms with van der Waals surface area (Å²) < 4.78 is 4.73. The summed E-state index contributed by atoms with van der Waals surface area (Å²) in [5.74, 6) is -0.473. The first-order valence-corrected chi connectivity index (χ1v) is 3.11. The molecule has 0 spiro atoms. The Hall–Kier alpha value is -1.85. The van der Waals surface area contributed by atoms with E-state index < -0.39 is 5.91 Å². The van der Waals surface area contributed by atoms with E-state index in [9.17, 15) is 4.79 Å². The van der Waals surface area contributed by atoms with Gasteiger partial charge in [-0.1, -0.05) is 0 Å². The van der Waals surface area contributed by atoms with Crippen molar-refractivity contribution in [3.8, 4) is 5.88 Å². The molecular weight excluding hydrogens is 160 g/mol. The van der Waals surface area contributed by atoms with E-state index in [0.717, 1.165) is 0 Å². The summed E-state index contributed by atoms with van der Waals surface area (Å²) in [4.78, 5) is 18.1. The number of carbonyl (C=O) groups excluding carboxylic acids is 1. The van der Waals surface area contributed by atoms with Gasteiger partial charge in [0.1, 0.15) is 5.82 Å². The number of rotatable bonds is 2. The number of nitrogen functional groups attached to an aromatic ring is 1. The fourth-order valence-electron chi connectivity index (χ4n) is 0.696. The fourth-order valence-corrected chi connectivity index (χ4v) is 0.696. The lowest BCUT2D eigenvalue weighted by Gasteiger charge is -2.02. The van der Waals surface area contributed by atoms with Gasteiger partial charge in [0.15, 0.2) is 5.69 Å². The summed E-state index contributed by atoms with van der Waals surface area (Å²) >= 11 is 0. The largest absolute Gasteiger partial charge is 0.479 e. The van der Waals surface area contributed by atoms with Crippen molar-refractivity contribution in [1.82, 2.24) is 9.97 Å². The molecule has 6 nitrogen and oxygen atoms in total. The van der Waals surface area contributed by atoms with Gasteiger partial charge < -0.3 is 16.2 Å². The van der Waals surface area contributed by atoms with Gasteiger partial charge in [0.2, 0.25) is 5.88 Å². The molecule has 1 aromatic rings. The van der Waals surface area contributed by atoms with Crippen LogP contribution in [0, 0.1) is 0 Å². The minimum atomic E-state index is -0.695. The molecule has 0 saturated heterocycles. The molecule has 0 aliphatic carbocycles. The monoisotopic (exact) mass is 168 g/mol. The van der Waals surface area contributed by atoms with E-state index >= 15 is 0 Å². The molecule has 64 valence electrons. The van der Waals surface area contributed by atoms with Crippen molar-refractivity contribution in [2.24, 2.45) is 5.73 Å². The molecule has 1 rings (SSSR count). The molecule has 1 amide bonds. The van der Waals surface area contributed by atoms with E-state index in [1.807, 2.05) is 0 Å². The smallest absolute Gasteiger partial charge is 0.272 e. The predicted molar refractivity (Wildman–Crippen MR) is 41.5 cm³/mol. The van der Waals surface area contributed by atoms with Gasteiger partial charge in [0.25, 0.3) is 5.91 Å². The van der Waals surface area contributed by atoms with Crippen LogP contribution >= 0.6 is 0 Å². The van der Waals surface area contributed by atoms with Crippen molar-refractivity contribution < 1.29 is 9.53 Å². The average Bonchev–Trinajstić information content (AvgIpc) is 2.03. The number of nitrogens with zero attached hydrogens (tertiary/aromatic N) is 2. The Balaban J connectivity index is 3.20. The first-order chi connectivity index (χ1) is 5.65. The number of hydrogen-bond acceptors (Lipinski definition) is 5. The number of methoxy groups -OCH3 is 1. The highest BCUT2D eigenvalue weighted by molar-refractivity contribution is 5.93. The van der Waals surface area contributed by atoms with Gasteiger partial charge in [-0.2, -0.15) is 4.98 Å². The normalized spacial score (nSPS) is 9.42. The highest BCUT2D eigenvalue weighted by Gasteiger charge is 2.11. The molecule has 0 aliphatic heterocycles. The molecule has 0 aliphatic rings. The van der Waals surface area contributed by atoms with Crippen LogP contribution in [0.2, 0.25) is 0 Å². The van der Waals surface area contributed by atoms with Crippen molar-refractivity contribution in [3.05, 3.63) is 11.9 Å². The van der Waals surface area contributed by atoms with Crippen LogP contribution in [0.1, 0.15) is 10.5 Å². The highest BCUT2D eigenvalue weighted by atomic mass is 16.5.